The normalized spacial score (nSPS) is 18.5. The second kappa shape index (κ2) is 8.89. The molecule has 6 nitrogen and oxygen atoms in total. The van der Waals surface area contributed by atoms with Crippen LogP contribution >= 0.6 is 0 Å². The zero-order valence-corrected chi connectivity index (χ0v) is 16.6. The molecule has 148 valence electrons. The van der Waals surface area contributed by atoms with Crippen LogP contribution in [0.1, 0.15) is 41.7 Å². The van der Waals surface area contributed by atoms with Gasteiger partial charge in [-0.15, -0.1) is 0 Å². The molecule has 1 aliphatic heterocycles. The molecular weight excluding hydrogens is 356 g/mol. The van der Waals surface area contributed by atoms with E-state index in [0.717, 1.165) is 36.4 Å². The average molecular weight is 383 g/mol. The topological polar surface area (TPSA) is 69.1 Å². The van der Waals surface area contributed by atoms with Crippen LogP contribution in [0.4, 0.5) is 5.69 Å². The van der Waals surface area contributed by atoms with E-state index in [1.54, 1.807) is 38.5 Å². The molecule has 2 aromatic carbocycles. The third-order valence-corrected chi connectivity index (χ3v) is 5.26. The summed E-state index contributed by atoms with van der Waals surface area (Å²) >= 11 is 0. The number of carbonyl (C=O) groups excluding carboxylic acids is 2. The SMILES string of the molecule is COc1ccc([C@H]2CCC[NH+]2CC(=O)Nc2ccc(C(C)=O)cc2)c(OC)c1. The summed E-state index contributed by atoms with van der Waals surface area (Å²) in [7, 11) is 3.29. The quantitative estimate of drug-likeness (QED) is 0.720. The number of quaternary nitrogens is 1. The summed E-state index contributed by atoms with van der Waals surface area (Å²) in [6.45, 7) is 2.85. The summed E-state index contributed by atoms with van der Waals surface area (Å²) < 4.78 is 10.8. The van der Waals surface area contributed by atoms with E-state index in [4.69, 9.17) is 9.47 Å². The first-order valence-electron chi connectivity index (χ1n) is 9.49. The third kappa shape index (κ3) is 4.51. The number of benzene rings is 2. The molecule has 2 aromatic rings. The first-order valence-corrected chi connectivity index (χ1v) is 9.49. The minimum absolute atomic E-state index is 0.00988. The molecule has 1 heterocycles. The van der Waals surface area contributed by atoms with Crippen LogP contribution in [0.15, 0.2) is 42.5 Å². The number of hydrogen-bond donors (Lipinski definition) is 2. The molecule has 2 atom stereocenters. The largest absolute Gasteiger partial charge is 0.497 e. The van der Waals surface area contributed by atoms with Crippen molar-refractivity contribution in [3.8, 4) is 11.5 Å². The third-order valence-electron chi connectivity index (χ3n) is 5.26. The lowest BCUT2D eigenvalue weighted by Crippen LogP contribution is -3.11. The number of anilines is 1. The highest BCUT2D eigenvalue weighted by Gasteiger charge is 2.33. The monoisotopic (exact) mass is 383 g/mol. The fourth-order valence-corrected chi connectivity index (χ4v) is 3.80. The Morgan fingerprint density at radius 2 is 1.86 bits per heavy atom. The molecule has 1 saturated heterocycles. The van der Waals surface area contributed by atoms with E-state index in [1.807, 2.05) is 18.2 Å². The van der Waals surface area contributed by atoms with Crippen molar-refractivity contribution in [1.29, 1.82) is 0 Å². The molecule has 1 aliphatic rings. The molecule has 0 saturated carbocycles. The van der Waals surface area contributed by atoms with Crippen LogP contribution in [0.2, 0.25) is 0 Å². The summed E-state index contributed by atoms with van der Waals surface area (Å²) in [6, 6.07) is 13.1. The Kier molecular flexibility index (Phi) is 6.31. The van der Waals surface area contributed by atoms with E-state index < -0.39 is 0 Å². The Morgan fingerprint density at radius 3 is 2.50 bits per heavy atom. The maximum atomic E-state index is 12.6. The van der Waals surface area contributed by atoms with Gasteiger partial charge in [-0.3, -0.25) is 9.59 Å². The molecule has 1 fully saturated rings. The van der Waals surface area contributed by atoms with Gasteiger partial charge in [-0.1, -0.05) is 0 Å². The number of nitrogens with one attached hydrogen (secondary N) is 2. The molecular formula is C22H27N2O4+. The molecule has 2 N–H and O–H groups in total. The van der Waals surface area contributed by atoms with Crippen LogP contribution in [0.5, 0.6) is 11.5 Å². The predicted octanol–water partition coefficient (Wildman–Crippen LogP) is 2.26. The molecule has 1 amide bonds. The zero-order chi connectivity index (χ0) is 20.1. The van der Waals surface area contributed by atoms with Crippen molar-refractivity contribution < 1.29 is 24.0 Å². The fraction of sp³-hybridized carbons (Fsp3) is 0.364. The number of methoxy groups -OCH3 is 2. The Morgan fingerprint density at radius 1 is 1.11 bits per heavy atom. The number of likely N-dealkylation sites (tertiary alicyclic amines) is 1. The number of carbonyl (C=O) groups is 2. The molecule has 0 spiro atoms. The predicted molar refractivity (Wildman–Crippen MR) is 107 cm³/mol. The lowest BCUT2D eigenvalue weighted by atomic mass is 10.0. The standard InChI is InChI=1S/C22H26N2O4/c1-15(25)16-6-8-17(9-7-16)23-22(26)14-24-12-4-5-20(24)19-11-10-18(27-2)13-21(19)28-3/h6-11,13,20H,4-5,12,14H2,1-3H3,(H,23,26)/p+1/t20-/m1/s1. The van der Waals surface area contributed by atoms with Crippen molar-refractivity contribution in [2.75, 3.05) is 32.6 Å². The maximum absolute atomic E-state index is 12.6. The first-order chi connectivity index (χ1) is 13.5. The van der Waals surface area contributed by atoms with Crippen LogP contribution < -0.4 is 19.7 Å². The molecule has 0 aliphatic carbocycles. The van der Waals surface area contributed by atoms with Crippen molar-refractivity contribution in [1.82, 2.24) is 0 Å². The summed E-state index contributed by atoms with van der Waals surface area (Å²) in [5.41, 5.74) is 2.44. The summed E-state index contributed by atoms with van der Waals surface area (Å²) in [5.74, 6) is 1.52. The minimum atomic E-state index is -0.0371. The van der Waals surface area contributed by atoms with E-state index in [0.29, 0.717) is 17.8 Å². The van der Waals surface area contributed by atoms with Gasteiger partial charge in [0.2, 0.25) is 0 Å². The lowest BCUT2D eigenvalue weighted by molar-refractivity contribution is -0.910. The van der Waals surface area contributed by atoms with E-state index in [2.05, 4.69) is 5.32 Å². The zero-order valence-electron chi connectivity index (χ0n) is 16.6. The molecule has 3 rings (SSSR count). The van der Waals surface area contributed by atoms with Gasteiger partial charge in [-0.2, -0.15) is 0 Å². The lowest BCUT2D eigenvalue weighted by Gasteiger charge is -2.23. The highest BCUT2D eigenvalue weighted by Crippen LogP contribution is 2.31. The number of ketones is 1. The highest BCUT2D eigenvalue weighted by molar-refractivity contribution is 5.95. The van der Waals surface area contributed by atoms with Gasteiger partial charge in [-0.05, 0) is 43.3 Å². The van der Waals surface area contributed by atoms with Crippen LogP contribution in [0.3, 0.4) is 0 Å². The van der Waals surface area contributed by atoms with Gasteiger partial charge in [0.05, 0.1) is 26.3 Å². The van der Waals surface area contributed by atoms with E-state index in [-0.39, 0.29) is 17.7 Å². The Hall–Kier alpha value is -2.86. The summed E-state index contributed by atoms with van der Waals surface area (Å²) in [4.78, 5) is 25.2. The second-order valence-electron chi connectivity index (χ2n) is 7.07. The molecule has 0 radical (unpaired) electrons. The molecule has 0 bridgehead atoms. The van der Waals surface area contributed by atoms with Crippen molar-refractivity contribution in [2.45, 2.75) is 25.8 Å². The smallest absolute Gasteiger partial charge is 0.279 e. The second-order valence-corrected chi connectivity index (χ2v) is 7.07. The number of amides is 1. The number of hydrogen-bond acceptors (Lipinski definition) is 4. The molecule has 1 unspecified atom stereocenters. The number of Topliss-reactive ketones (excluding diaryl/α,β-unsaturated/α-hetero) is 1. The van der Waals surface area contributed by atoms with Crippen molar-refractivity contribution in [3.63, 3.8) is 0 Å². The summed E-state index contributed by atoms with van der Waals surface area (Å²) in [6.07, 6.45) is 2.08. The van der Waals surface area contributed by atoms with Gasteiger partial charge in [0.15, 0.2) is 12.3 Å². The molecule has 0 aromatic heterocycles. The fourth-order valence-electron chi connectivity index (χ4n) is 3.80. The highest BCUT2D eigenvalue weighted by atomic mass is 16.5. The first kappa shape index (κ1) is 19.9. The number of ether oxygens (including phenoxy) is 2. The van der Waals surface area contributed by atoms with Gasteiger partial charge in [0.1, 0.15) is 17.5 Å². The van der Waals surface area contributed by atoms with Gasteiger partial charge in [-0.25, -0.2) is 0 Å². The molecule has 28 heavy (non-hydrogen) atoms. The Bertz CT molecular complexity index is 848. The maximum Gasteiger partial charge on any atom is 0.279 e. The molecule has 6 heteroatoms. The van der Waals surface area contributed by atoms with Gasteiger partial charge >= 0.3 is 0 Å². The van der Waals surface area contributed by atoms with Crippen LogP contribution in [-0.4, -0.2) is 39.0 Å². The van der Waals surface area contributed by atoms with Gasteiger partial charge in [0, 0.05) is 30.2 Å². The summed E-state index contributed by atoms with van der Waals surface area (Å²) in [5, 5.41) is 2.93. The van der Waals surface area contributed by atoms with Crippen LogP contribution in [0, 0.1) is 0 Å². The van der Waals surface area contributed by atoms with Crippen LogP contribution in [-0.2, 0) is 4.79 Å². The Labute approximate surface area is 165 Å². The Balaban J connectivity index is 1.68. The van der Waals surface area contributed by atoms with Gasteiger partial charge < -0.3 is 19.7 Å². The van der Waals surface area contributed by atoms with Crippen molar-refractivity contribution >= 4 is 17.4 Å². The van der Waals surface area contributed by atoms with E-state index in [9.17, 15) is 9.59 Å². The van der Waals surface area contributed by atoms with Gasteiger partial charge in [0.25, 0.3) is 5.91 Å². The van der Waals surface area contributed by atoms with Crippen LogP contribution in [0.25, 0.3) is 0 Å². The van der Waals surface area contributed by atoms with Crippen molar-refractivity contribution in [2.24, 2.45) is 0 Å². The van der Waals surface area contributed by atoms with Crippen molar-refractivity contribution in [3.05, 3.63) is 53.6 Å². The minimum Gasteiger partial charge on any atom is -0.497 e. The number of rotatable bonds is 7. The van der Waals surface area contributed by atoms with E-state index in [1.165, 1.54) is 11.8 Å². The van der Waals surface area contributed by atoms with E-state index >= 15 is 0 Å². The average Bonchev–Trinajstić information content (AvgIpc) is 3.15.